The molecule has 4 aromatic heterocycles. The van der Waals surface area contributed by atoms with E-state index in [1.165, 1.54) is 42.5 Å². The van der Waals surface area contributed by atoms with Crippen molar-refractivity contribution < 1.29 is 4.42 Å². The van der Waals surface area contributed by atoms with E-state index in [9.17, 15) is 0 Å². The fourth-order valence-electron chi connectivity index (χ4n) is 8.33. The molecule has 0 aliphatic rings. The van der Waals surface area contributed by atoms with Gasteiger partial charge in [-0.25, -0.2) is 9.97 Å². The van der Waals surface area contributed by atoms with Gasteiger partial charge in [-0.15, -0.1) is 11.3 Å². The van der Waals surface area contributed by atoms with Crippen molar-refractivity contribution in [3.05, 3.63) is 164 Å². The van der Waals surface area contributed by atoms with Crippen molar-refractivity contribution in [1.82, 2.24) is 14.5 Å². The molecule has 0 amide bonds. The molecule has 12 aromatic rings. The zero-order chi connectivity index (χ0) is 34.6. The van der Waals surface area contributed by atoms with Gasteiger partial charge < -0.3 is 8.98 Å². The summed E-state index contributed by atoms with van der Waals surface area (Å²) in [7, 11) is 0. The van der Waals surface area contributed by atoms with Crippen molar-refractivity contribution >= 4 is 96.9 Å². The SMILES string of the molecule is c1ccc2cc(-c3nc(-c4ccc5c(c4)oc4c(-n6c7ccccc7c7ccc8ccccc8c76)cccc45)nc4c3sc3ccccc34)ccc2c1. The summed E-state index contributed by atoms with van der Waals surface area (Å²) >= 11 is 1.75. The van der Waals surface area contributed by atoms with Crippen LogP contribution in [0, 0.1) is 0 Å². The van der Waals surface area contributed by atoms with Crippen LogP contribution in [0.4, 0.5) is 0 Å². The molecule has 0 aliphatic heterocycles. The Labute approximate surface area is 306 Å². The lowest BCUT2D eigenvalue weighted by Crippen LogP contribution is -1.95. The van der Waals surface area contributed by atoms with Gasteiger partial charge in [-0.2, -0.15) is 0 Å². The molecule has 4 nitrogen and oxygen atoms in total. The van der Waals surface area contributed by atoms with E-state index in [1.54, 1.807) is 11.3 Å². The minimum absolute atomic E-state index is 0.681. The van der Waals surface area contributed by atoms with Crippen molar-refractivity contribution in [2.75, 3.05) is 0 Å². The Bertz CT molecular complexity index is 3480. The normalized spacial score (nSPS) is 12.2. The van der Waals surface area contributed by atoms with Gasteiger partial charge in [0, 0.05) is 48.1 Å². The maximum atomic E-state index is 6.91. The van der Waals surface area contributed by atoms with E-state index in [-0.39, 0.29) is 0 Å². The molecule has 4 heterocycles. The monoisotopic (exact) mass is 693 g/mol. The van der Waals surface area contributed by atoms with Gasteiger partial charge in [-0.3, -0.25) is 0 Å². The number of hydrogen-bond acceptors (Lipinski definition) is 4. The first-order valence-electron chi connectivity index (χ1n) is 17.8. The Morgan fingerprint density at radius 2 is 1.21 bits per heavy atom. The molecule has 0 fully saturated rings. The number of benzene rings is 8. The van der Waals surface area contributed by atoms with E-state index < -0.39 is 0 Å². The predicted octanol–water partition coefficient (Wildman–Crippen LogP) is 13.5. The molecule has 8 aromatic carbocycles. The van der Waals surface area contributed by atoms with Crippen LogP contribution in [0.2, 0.25) is 0 Å². The molecule has 0 aliphatic carbocycles. The Balaban J connectivity index is 1.09. The molecule has 0 N–H and O–H groups in total. The third-order valence-corrected chi connectivity index (χ3v) is 11.9. The number of thiophene rings is 1. The van der Waals surface area contributed by atoms with Crippen molar-refractivity contribution in [3.8, 4) is 28.3 Å². The number of aromatic nitrogens is 3. The quantitative estimate of drug-likeness (QED) is 0.185. The molecule has 12 rings (SSSR count). The molecule has 0 spiro atoms. The van der Waals surface area contributed by atoms with Crippen molar-refractivity contribution in [2.24, 2.45) is 0 Å². The smallest absolute Gasteiger partial charge is 0.160 e. The zero-order valence-electron chi connectivity index (χ0n) is 28.2. The molecule has 0 saturated carbocycles. The zero-order valence-corrected chi connectivity index (χ0v) is 29.1. The van der Waals surface area contributed by atoms with Crippen LogP contribution >= 0.6 is 11.3 Å². The molecular weight excluding hydrogens is 667 g/mol. The maximum absolute atomic E-state index is 6.91. The Morgan fingerprint density at radius 1 is 0.491 bits per heavy atom. The topological polar surface area (TPSA) is 43.9 Å². The number of hydrogen-bond donors (Lipinski definition) is 0. The molecule has 0 radical (unpaired) electrons. The summed E-state index contributed by atoms with van der Waals surface area (Å²) in [6.45, 7) is 0. The molecule has 53 heavy (non-hydrogen) atoms. The van der Waals surface area contributed by atoms with Crippen molar-refractivity contribution in [2.45, 2.75) is 0 Å². The van der Waals surface area contributed by atoms with Gasteiger partial charge in [-0.1, -0.05) is 127 Å². The molecule has 0 bridgehead atoms. The van der Waals surface area contributed by atoms with Crippen LogP contribution in [0.15, 0.2) is 168 Å². The number of furan rings is 1. The number of nitrogens with zero attached hydrogens (tertiary/aromatic N) is 3. The lowest BCUT2D eigenvalue weighted by Gasteiger charge is -2.10. The van der Waals surface area contributed by atoms with Crippen LogP contribution < -0.4 is 0 Å². The summed E-state index contributed by atoms with van der Waals surface area (Å²) in [6, 6.07) is 58.2. The van der Waals surface area contributed by atoms with Gasteiger partial charge in [0.25, 0.3) is 0 Å². The van der Waals surface area contributed by atoms with Crippen LogP contribution in [-0.2, 0) is 0 Å². The summed E-state index contributed by atoms with van der Waals surface area (Å²) in [5.41, 5.74) is 8.93. The van der Waals surface area contributed by atoms with Crippen LogP contribution in [-0.4, -0.2) is 14.5 Å². The fraction of sp³-hybridized carbons (Fsp3) is 0. The minimum atomic E-state index is 0.681. The largest absolute Gasteiger partial charge is 0.454 e. The third kappa shape index (κ3) is 4.17. The first-order chi connectivity index (χ1) is 26.3. The van der Waals surface area contributed by atoms with E-state index in [0.717, 1.165) is 65.6 Å². The summed E-state index contributed by atoms with van der Waals surface area (Å²) < 4.78 is 11.6. The van der Waals surface area contributed by atoms with Gasteiger partial charge in [-0.05, 0) is 52.6 Å². The van der Waals surface area contributed by atoms with E-state index in [1.807, 2.05) is 0 Å². The van der Waals surface area contributed by atoms with E-state index >= 15 is 0 Å². The second-order valence-electron chi connectivity index (χ2n) is 13.7. The van der Waals surface area contributed by atoms with Crippen LogP contribution in [0.3, 0.4) is 0 Å². The highest BCUT2D eigenvalue weighted by Gasteiger charge is 2.21. The van der Waals surface area contributed by atoms with E-state index in [0.29, 0.717) is 5.82 Å². The van der Waals surface area contributed by atoms with Gasteiger partial charge in [0.15, 0.2) is 11.4 Å². The Morgan fingerprint density at radius 3 is 2.13 bits per heavy atom. The lowest BCUT2D eigenvalue weighted by atomic mass is 10.0. The van der Waals surface area contributed by atoms with Gasteiger partial charge >= 0.3 is 0 Å². The summed E-state index contributed by atoms with van der Waals surface area (Å²) in [5, 5.41) is 10.6. The van der Waals surface area contributed by atoms with E-state index in [4.69, 9.17) is 14.4 Å². The standard InChI is InChI=1S/C48H27N3OS/c1-2-12-30-26-31(21-20-28(30)10-1)43-47-44(38-15-6-8-19-42(38)53-47)50-48(49-43)32-23-24-35-37-16-9-18-40(46(37)52-41(35)27-32)51-39-17-7-5-14-34(39)36-25-22-29-11-3-4-13-33(29)45(36)51/h1-27H. The highest BCUT2D eigenvalue weighted by molar-refractivity contribution is 7.26. The van der Waals surface area contributed by atoms with Gasteiger partial charge in [0.1, 0.15) is 5.58 Å². The predicted molar refractivity (Wildman–Crippen MR) is 222 cm³/mol. The highest BCUT2D eigenvalue weighted by Crippen LogP contribution is 2.43. The average Bonchev–Trinajstić information content (AvgIpc) is 3.90. The Hall–Kier alpha value is -6.82. The highest BCUT2D eigenvalue weighted by atomic mass is 32.1. The molecule has 0 saturated heterocycles. The van der Waals surface area contributed by atoms with E-state index in [2.05, 4.69) is 168 Å². The van der Waals surface area contributed by atoms with Crippen LogP contribution in [0.25, 0.3) is 114 Å². The lowest BCUT2D eigenvalue weighted by molar-refractivity contribution is 0.666. The van der Waals surface area contributed by atoms with Crippen molar-refractivity contribution in [3.63, 3.8) is 0 Å². The Kier molecular flexibility index (Phi) is 5.90. The summed E-state index contributed by atoms with van der Waals surface area (Å²) in [5.74, 6) is 0.681. The minimum Gasteiger partial charge on any atom is -0.454 e. The first-order valence-corrected chi connectivity index (χ1v) is 18.6. The summed E-state index contributed by atoms with van der Waals surface area (Å²) in [4.78, 5) is 10.6. The molecule has 5 heteroatoms. The van der Waals surface area contributed by atoms with Crippen molar-refractivity contribution in [1.29, 1.82) is 0 Å². The fourth-order valence-corrected chi connectivity index (χ4v) is 9.48. The number of rotatable bonds is 3. The maximum Gasteiger partial charge on any atom is 0.160 e. The third-order valence-electron chi connectivity index (χ3n) is 10.8. The number of fused-ring (bicyclic) bond motifs is 12. The first kappa shape index (κ1) is 28.8. The second-order valence-corrected chi connectivity index (χ2v) is 14.8. The van der Waals surface area contributed by atoms with Crippen LogP contribution in [0.1, 0.15) is 0 Å². The molecule has 246 valence electrons. The molecular formula is C48H27N3OS. The molecule has 0 unspecified atom stereocenters. The van der Waals surface area contributed by atoms with Gasteiger partial charge in [0.2, 0.25) is 0 Å². The average molecular weight is 694 g/mol. The second kappa shape index (κ2) is 10.8. The van der Waals surface area contributed by atoms with Crippen LogP contribution in [0.5, 0.6) is 0 Å². The summed E-state index contributed by atoms with van der Waals surface area (Å²) in [6.07, 6.45) is 0. The number of para-hydroxylation sites is 2. The molecule has 0 atom stereocenters. The van der Waals surface area contributed by atoms with Gasteiger partial charge in [0.05, 0.1) is 32.6 Å².